The zero-order valence-corrected chi connectivity index (χ0v) is 10.2. The summed E-state index contributed by atoms with van der Waals surface area (Å²) >= 11 is 1.67. The predicted octanol–water partition coefficient (Wildman–Crippen LogP) is 3.72. The number of carboxylic acid groups (broad SMARTS) is 1. The van der Waals surface area contributed by atoms with E-state index >= 15 is 0 Å². The molecule has 2 nitrogen and oxygen atoms in total. The molecule has 0 radical (unpaired) electrons. The molecule has 0 amide bonds. The fourth-order valence-electron chi connectivity index (χ4n) is 1.93. The first-order valence-corrected chi connectivity index (χ1v) is 6.39. The molecule has 0 saturated heterocycles. The molecule has 0 saturated carbocycles. The van der Waals surface area contributed by atoms with Crippen LogP contribution in [-0.2, 0) is 11.2 Å². The number of hydrogen-bond donors (Lipinski definition) is 1. The zero-order valence-electron chi connectivity index (χ0n) is 9.43. The maximum atomic E-state index is 11.1. The molecule has 0 aliphatic carbocycles. The van der Waals surface area contributed by atoms with Gasteiger partial charge in [-0.2, -0.15) is 0 Å². The van der Waals surface area contributed by atoms with Crippen LogP contribution in [0.5, 0.6) is 0 Å². The van der Waals surface area contributed by atoms with Crippen molar-refractivity contribution >= 4 is 27.4 Å². The van der Waals surface area contributed by atoms with E-state index < -0.39 is 5.97 Å². The van der Waals surface area contributed by atoms with Crippen LogP contribution >= 0.6 is 11.3 Å². The Morgan fingerprint density at radius 1 is 1.47 bits per heavy atom. The maximum absolute atomic E-state index is 11.1. The van der Waals surface area contributed by atoms with Gasteiger partial charge in [-0.05, 0) is 35.2 Å². The van der Waals surface area contributed by atoms with Crippen molar-refractivity contribution in [3.63, 3.8) is 0 Å². The third kappa shape index (κ3) is 2.56. The lowest BCUT2D eigenvalue weighted by Gasteiger charge is -2.08. The number of carbonyl (C=O) groups is 1. The third-order valence-corrected chi connectivity index (χ3v) is 3.84. The van der Waals surface area contributed by atoms with Gasteiger partial charge in [0.1, 0.15) is 0 Å². The first kappa shape index (κ1) is 11.9. The van der Waals surface area contributed by atoms with Crippen LogP contribution in [0, 0.1) is 5.92 Å². The van der Waals surface area contributed by atoms with Gasteiger partial charge in [-0.3, -0.25) is 4.79 Å². The van der Waals surface area contributed by atoms with Crippen molar-refractivity contribution in [2.45, 2.75) is 12.8 Å². The fourth-order valence-corrected chi connectivity index (χ4v) is 2.90. The molecule has 2 aromatic rings. The monoisotopic (exact) mass is 246 g/mol. The molecule has 1 N–H and O–H groups in total. The molecule has 0 aliphatic rings. The summed E-state index contributed by atoms with van der Waals surface area (Å²) in [7, 11) is 0. The normalized spacial score (nSPS) is 12.5. The molecular formula is C14H14O2S. The highest BCUT2D eigenvalue weighted by Gasteiger charge is 2.18. The molecule has 1 aromatic carbocycles. The second-order valence-corrected chi connectivity index (χ2v) is 4.93. The summed E-state index contributed by atoms with van der Waals surface area (Å²) in [6.45, 7) is 3.61. The van der Waals surface area contributed by atoms with Gasteiger partial charge in [-0.1, -0.05) is 24.3 Å². The minimum Gasteiger partial charge on any atom is -0.481 e. The molecule has 0 fully saturated rings. The highest BCUT2D eigenvalue weighted by Crippen LogP contribution is 2.28. The van der Waals surface area contributed by atoms with Crippen LogP contribution < -0.4 is 0 Å². The van der Waals surface area contributed by atoms with E-state index in [0.717, 1.165) is 5.56 Å². The molecule has 1 heterocycles. The van der Waals surface area contributed by atoms with Gasteiger partial charge in [0.25, 0.3) is 0 Å². The zero-order chi connectivity index (χ0) is 12.3. The van der Waals surface area contributed by atoms with Crippen LogP contribution in [0.2, 0.25) is 0 Å². The molecule has 0 aliphatic heterocycles. The number of thiophene rings is 1. The summed E-state index contributed by atoms with van der Waals surface area (Å²) in [5, 5.41) is 12.4. The fraction of sp³-hybridized carbons (Fsp3) is 0.214. The Morgan fingerprint density at radius 3 is 2.94 bits per heavy atom. The summed E-state index contributed by atoms with van der Waals surface area (Å²) in [5.74, 6) is -1.12. The van der Waals surface area contributed by atoms with Crippen LogP contribution in [0.15, 0.2) is 42.3 Å². The molecule has 2 rings (SSSR count). The van der Waals surface area contributed by atoms with E-state index in [1.54, 1.807) is 17.4 Å². The van der Waals surface area contributed by atoms with Crippen LogP contribution in [0.4, 0.5) is 0 Å². The largest absolute Gasteiger partial charge is 0.481 e. The van der Waals surface area contributed by atoms with E-state index in [4.69, 9.17) is 5.11 Å². The van der Waals surface area contributed by atoms with Crippen LogP contribution in [0.3, 0.4) is 0 Å². The SMILES string of the molecule is C=CCC(Cc1csc2ccccc12)C(=O)O. The first-order valence-electron chi connectivity index (χ1n) is 5.51. The molecule has 1 unspecified atom stereocenters. The first-order chi connectivity index (χ1) is 8.22. The lowest BCUT2D eigenvalue weighted by Crippen LogP contribution is -2.15. The summed E-state index contributed by atoms with van der Waals surface area (Å²) in [4.78, 5) is 11.1. The number of fused-ring (bicyclic) bond motifs is 1. The van der Waals surface area contributed by atoms with E-state index in [0.29, 0.717) is 12.8 Å². The van der Waals surface area contributed by atoms with Crippen LogP contribution in [-0.4, -0.2) is 11.1 Å². The molecular weight excluding hydrogens is 232 g/mol. The molecule has 0 bridgehead atoms. The van der Waals surface area contributed by atoms with Gasteiger partial charge in [0.05, 0.1) is 5.92 Å². The second kappa shape index (κ2) is 5.15. The summed E-state index contributed by atoms with van der Waals surface area (Å²) in [5.41, 5.74) is 1.12. The van der Waals surface area contributed by atoms with Gasteiger partial charge in [0, 0.05) is 4.70 Å². The number of benzene rings is 1. The minimum absolute atomic E-state index is 0.370. The predicted molar refractivity (Wildman–Crippen MR) is 71.5 cm³/mol. The molecule has 1 atom stereocenters. The van der Waals surface area contributed by atoms with Gasteiger partial charge >= 0.3 is 5.97 Å². The number of carboxylic acids is 1. The van der Waals surface area contributed by atoms with Crippen molar-refractivity contribution in [1.82, 2.24) is 0 Å². The van der Waals surface area contributed by atoms with Crippen molar-refractivity contribution in [3.8, 4) is 0 Å². The van der Waals surface area contributed by atoms with Gasteiger partial charge in [0.2, 0.25) is 0 Å². The quantitative estimate of drug-likeness (QED) is 0.816. The number of aliphatic carboxylic acids is 1. The Bertz CT molecular complexity index is 542. The van der Waals surface area contributed by atoms with Crippen molar-refractivity contribution in [1.29, 1.82) is 0 Å². The molecule has 0 spiro atoms. The van der Waals surface area contributed by atoms with E-state index in [-0.39, 0.29) is 5.92 Å². The van der Waals surface area contributed by atoms with E-state index in [1.165, 1.54) is 10.1 Å². The number of hydrogen-bond acceptors (Lipinski definition) is 2. The van der Waals surface area contributed by atoms with E-state index in [1.807, 2.05) is 18.2 Å². The van der Waals surface area contributed by atoms with Crippen LogP contribution in [0.1, 0.15) is 12.0 Å². The highest BCUT2D eigenvalue weighted by molar-refractivity contribution is 7.17. The molecule has 1 aromatic heterocycles. The standard InChI is InChI=1S/C14H14O2S/c1-2-5-10(14(15)16)8-11-9-17-13-7-4-3-6-12(11)13/h2-4,6-7,9-10H,1,5,8H2,(H,15,16). The average molecular weight is 246 g/mol. The number of allylic oxidation sites excluding steroid dienone is 1. The minimum atomic E-state index is -0.750. The Morgan fingerprint density at radius 2 is 2.24 bits per heavy atom. The van der Waals surface area contributed by atoms with E-state index in [9.17, 15) is 4.79 Å². The smallest absolute Gasteiger partial charge is 0.307 e. The molecule has 17 heavy (non-hydrogen) atoms. The average Bonchev–Trinajstić information content (AvgIpc) is 2.72. The van der Waals surface area contributed by atoms with Crippen molar-refractivity contribution in [2.24, 2.45) is 5.92 Å². The van der Waals surface area contributed by atoms with Crippen molar-refractivity contribution in [2.75, 3.05) is 0 Å². The molecule has 88 valence electrons. The summed E-state index contributed by atoms with van der Waals surface area (Å²) < 4.78 is 1.21. The van der Waals surface area contributed by atoms with E-state index in [2.05, 4.69) is 18.0 Å². The Labute approximate surface area is 104 Å². The third-order valence-electron chi connectivity index (χ3n) is 2.83. The number of rotatable bonds is 5. The van der Waals surface area contributed by atoms with Gasteiger partial charge in [-0.25, -0.2) is 0 Å². The summed E-state index contributed by atoms with van der Waals surface area (Å²) in [6.07, 6.45) is 2.76. The topological polar surface area (TPSA) is 37.3 Å². The Balaban J connectivity index is 2.28. The Hall–Kier alpha value is -1.61. The second-order valence-electron chi connectivity index (χ2n) is 4.02. The van der Waals surface area contributed by atoms with Gasteiger partial charge < -0.3 is 5.11 Å². The van der Waals surface area contributed by atoms with Gasteiger partial charge in [0.15, 0.2) is 0 Å². The van der Waals surface area contributed by atoms with Crippen molar-refractivity contribution < 1.29 is 9.90 Å². The lowest BCUT2D eigenvalue weighted by atomic mass is 9.96. The summed E-state index contributed by atoms with van der Waals surface area (Å²) in [6, 6.07) is 8.10. The van der Waals surface area contributed by atoms with Crippen molar-refractivity contribution in [3.05, 3.63) is 47.9 Å². The van der Waals surface area contributed by atoms with Crippen LogP contribution in [0.25, 0.3) is 10.1 Å². The Kier molecular flexibility index (Phi) is 3.59. The molecule has 3 heteroatoms. The maximum Gasteiger partial charge on any atom is 0.307 e. The van der Waals surface area contributed by atoms with Gasteiger partial charge in [-0.15, -0.1) is 17.9 Å². The highest BCUT2D eigenvalue weighted by atomic mass is 32.1. The lowest BCUT2D eigenvalue weighted by molar-refractivity contribution is -0.141.